The number of amides is 1. The fourth-order valence-electron chi connectivity index (χ4n) is 3.26. The molecule has 0 radical (unpaired) electrons. The van der Waals surface area contributed by atoms with Gasteiger partial charge in [-0.2, -0.15) is 4.98 Å². The van der Waals surface area contributed by atoms with Crippen molar-refractivity contribution in [1.29, 1.82) is 0 Å². The molecule has 1 amide bonds. The molecule has 0 bridgehead atoms. The van der Waals surface area contributed by atoms with Gasteiger partial charge < -0.3 is 19.9 Å². The molecule has 1 aromatic carbocycles. The minimum atomic E-state index is -0.0818. The summed E-state index contributed by atoms with van der Waals surface area (Å²) in [5.41, 5.74) is 1.75. The maximum Gasteiger partial charge on any atom is 0.251 e. The second kappa shape index (κ2) is 9.10. The zero-order valence-corrected chi connectivity index (χ0v) is 16.2. The molecule has 146 valence electrons. The molecular formula is C20H28N4O3. The summed E-state index contributed by atoms with van der Waals surface area (Å²) in [5, 5.41) is 10.3. The smallest absolute Gasteiger partial charge is 0.251 e. The normalized spacial score (nSPS) is 16.4. The lowest BCUT2D eigenvalue weighted by Crippen LogP contribution is -2.32. The third-order valence-electron chi connectivity index (χ3n) is 4.95. The molecule has 1 fully saturated rings. The number of nitrogens with one attached hydrogen (secondary N) is 2. The Labute approximate surface area is 159 Å². The SMILES string of the molecule is CNC(=O)c1ccc(CN[C@@H](c2nc(C(C)C)no2)C2CCOCC2)cc1. The highest BCUT2D eigenvalue weighted by Gasteiger charge is 2.30. The molecule has 1 atom stereocenters. The summed E-state index contributed by atoms with van der Waals surface area (Å²) in [4.78, 5) is 16.3. The number of hydrogen-bond donors (Lipinski definition) is 2. The van der Waals surface area contributed by atoms with Gasteiger partial charge in [-0.1, -0.05) is 31.1 Å². The van der Waals surface area contributed by atoms with E-state index >= 15 is 0 Å². The van der Waals surface area contributed by atoms with Gasteiger partial charge in [-0.15, -0.1) is 0 Å². The van der Waals surface area contributed by atoms with Crippen molar-refractivity contribution >= 4 is 5.91 Å². The van der Waals surface area contributed by atoms with E-state index in [1.165, 1.54) is 0 Å². The number of ether oxygens (including phenoxy) is 1. The van der Waals surface area contributed by atoms with Crippen LogP contribution in [0.2, 0.25) is 0 Å². The molecule has 1 aromatic heterocycles. The molecule has 0 unspecified atom stereocenters. The van der Waals surface area contributed by atoms with Crippen molar-refractivity contribution in [2.24, 2.45) is 5.92 Å². The predicted molar refractivity (Wildman–Crippen MR) is 101 cm³/mol. The van der Waals surface area contributed by atoms with Gasteiger partial charge in [0.1, 0.15) is 0 Å². The molecule has 0 saturated carbocycles. The third kappa shape index (κ3) is 4.93. The highest BCUT2D eigenvalue weighted by Crippen LogP contribution is 2.30. The van der Waals surface area contributed by atoms with Gasteiger partial charge in [-0.05, 0) is 36.5 Å². The standard InChI is InChI=1S/C20H28N4O3/c1-13(2)18-23-20(27-24-18)17(15-8-10-26-11-9-15)22-12-14-4-6-16(7-5-14)19(25)21-3/h4-7,13,15,17,22H,8-12H2,1-3H3,(H,21,25)/t17-/m1/s1. The van der Waals surface area contributed by atoms with Gasteiger partial charge in [0.2, 0.25) is 5.89 Å². The average Bonchev–Trinajstić information content (AvgIpc) is 3.19. The van der Waals surface area contributed by atoms with Crippen LogP contribution in [-0.2, 0) is 11.3 Å². The molecule has 27 heavy (non-hydrogen) atoms. The monoisotopic (exact) mass is 372 g/mol. The summed E-state index contributed by atoms with van der Waals surface area (Å²) in [5.74, 6) is 1.92. The Morgan fingerprint density at radius 1 is 1.22 bits per heavy atom. The number of rotatable bonds is 7. The molecule has 2 heterocycles. The number of carbonyl (C=O) groups is 1. The van der Waals surface area contributed by atoms with Gasteiger partial charge in [-0.3, -0.25) is 4.79 Å². The molecule has 1 aliphatic rings. The van der Waals surface area contributed by atoms with Gasteiger partial charge in [-0.25, -0.2) is 0 Å². The fourth-order valence-corrected chi connectivity index (χ4v) is 3.26. The van der Waals surface area contributed by atoms with E-state index in [4.69, 9.17) is 9.26 Å². The molecule has 1 aliphatic heterocycles. The number of aromatic nitrogens is 2. The van der Waals surface area contributed by atoms with Crippen molar-refractivity contribution in [3.8, 4) is 0 Å². The summed E-state index contributed by atoms with van der Waals surface area (Å²) >= 11 is 0. The van der Waals surface area contributed by atoms with Gasteiger partial charge in [0, 0.05) is 38.3 Å². The maximum absolute atomic E-state index is 11.7. The Balaban J connectivity index is 1.71. The first-order valence-corrected chi connectivity index (χ1v) is 9.54. The first-order chi connectivity index (χ1) is 13.1. The molecule has 2 aromatic rings. The summed E-state index contributed by atoms with van der Waals surface area (Å²) in [6.07, 6.45) is 1.93. The van der Waals surface area contributed by atoms with E-state index < -0.39 is 0 Å². The number of carbonyl (C=O) groups excluding carboxylic acids is 1. The fraction of sp³-hybridized carbons (Fsp3) is 0.550. The van der Waals surface area contributed by atoms with E-state index in [1.54, 1.807) is 7.05 Å². The topological polar surface area (TPSA) is 89.3 Å². The van der Waals surface area contributed by atoms with Crippen LogP contribution in [0.5, 0.6) is 0 Å². The van der Waals surface area contributed by atoms with E-state index in [-0.39, 0.29) is 17.9 Å². The average molecular weight is 372 g/mol. The second-order valence-corrected chi connectivity index (χ2v) is 7.23. The van der Waals surface area contributed by atoms with Crippen LogP contribution in [0, 0.1) is 5.92 Å². The number of benzene rings is 1. The predicted octanol–water partition coefficient (Wildman–Crippen LogP) is 2.81. The van der Waals surface area contributed by atoms with Gasteiger partial charge in [0.15, 0.2) is 5.82 Å². The number of nitrogens with zero attached hydrogens (tertiary/aromatic N) is 2. The molecule has 1 saturated heterocycles. The number of hydrogen-bond acceptors (Lipinski definition) is 6. The molecule has 3 rings (SSSR count). The van der Waals surface area contributed by atoms with Gasteiger partial charge in [0.25, 0.3) is 5.91 Å². The van der Waals surface area contributed by atoms with Crippen LogP contribution in [0.15, 0.2) is 28.8 Å². The summed E-state index contributed by atoms with van der Waals surface area (Å²) < 4.78 is 11.1. The maximum atomic E-state index is 11.7. The van der Waals surface area contributed by atoms with Gasteiger partial charge >= 0.3 is 0 Å². The molecule has 0 spiro atoms. The Hall–Kier alpha value is -2.25. The summed E-state index contributed by atoms with van der Waals surface area (Å²) in [7, 11) is 1.63. The van der Waals surface area contributed by atoms with E-state index in [0.717, 1.165) is 37.4 Å². The van der Waals surface area contributed by atoms with Crippen molar-refractivity contribution in [3.63, 3.8) is 0 Å². The molecule has 2 N–H and O–H groups in total. The third-order valence-corrected chi connectivity index (χ3v) is 4.95. The van der Waals surface area contributed by atoms with Crippen LogP contribution in [0.3, 0.4) is 0 Å². The van der Waals surface area contributed by atoms with Crippen molar-refractivity contribution in [3.05, 3.63) is 47.1 Å². The lowest BCUT2D eigenvalue weighted by atomic mass is 9.91. The zero-order chi connectivity index (χ0) is 19.2. The van der Waals surface area contributed by atoms with Crippen LogP contribution in [-0.4, -0.2) is 36.3 Å². The van der Waals surface area contributed by atoms with Crippen LogP contribution < -0.4 is 10.6 Å². The van der Waals surface area contributed by atoms with E-state index in [0.29, 0.717) is 23.9 Å². The first kappa shape index (κ1) is 19.5. The molecule has 0 aliphatic carbocycles. The van der Waals surface area contributed by atoms with E-state index in [9.17, 15) is 4.79 Å². The van der Waals surface area contributed by atoms with E-state index in [1.807, 2.05) is 24.3 Å². The second-order valence-electron chi connectivity index (χ2n) is 7.23. The van der Waals surface area contributed by atoms with Crippen LogP contribution >= 0.6 is 0 Å². The van der Waals surface area contributed by atoms with Crippen molar-refractivity contribution in [2.45, 2.75) is 45.2 Å². The Morgan fingerprint density at radius 2 is 1.93 bits per heavy atom. The zero-order valence-electron chi connectivity index (χ0n) is 16.2. The quantitative estimate of drug-likeness (QED) is 0.777. The van der Waals surface area contributed by atoms with Crippen molar-refractivity contribution in [2.75, 3.05) is 20.3 Å². The van der Waals surface area contributed by atoms with Gasteiger partial charge in [0.05, 0.1) is 6.04 Å². The molecular weight excluding hydrogens is 344 g/mol. The Morgan fingerprint density at radius 3 is 2.52 bits per heavy atom. The van der Waals surface area contributed by atoms with Crippen LogP contribution in [0.4, 0.5) is 0 Å². The minimum absolute atomic E-state index is 0.00693. The highest BCUT2D eigenvalue weighted by atomic mass is 16.5. The Kier molecular flexibility index (Phi) is 6.58. The summed E-state index contributed by atoms with van der Waals surface area (Å²) in [6.45, 7) is 6.29. The highest BCUT2D eigenvalue weighted by molar-refractivity contribution is 5.93. The van der Waals surface area contributed by atoms with Crippen LogP contribution in [0.1, 0.15) is 66.3 Å². The lowest BCUT2D eigenvalue weighted by Gasteiger charge is -2.28. The van der Waals surface area contributed by atoms with Crippen LogP contribution in [0.25, 0.3) is 0 Å². The first-order valence-electron chi connectivity index (χ1n) is 9.54. The minimum Gasteiger partial charge on any atom is -0.381 e. The largest absolute Gasteiger partial charge is 0.381 e. The Bertz CT molecular complexity index is 736. The lowest BCUT2D eigenvalue weighted by molar-refractivity contribution is 0.0485. The molecule has 7 nitrogen and oxygen atoms in total. The summed E-state index contributed by atoms with van der Waals surface area (Å²) in [6, 6.07) is 7.59. The van der Waals surface area contributed by atoms with Crippen molar-refractivity contribution in [1.82, 2.24) is 20.8 Å². The van der Waals surface area contributed by atoms with Crippen molar-refractivity contribution < 1.29 is 14.1 Å². The van der Waals surface area contributed by atoms with E-state index in [2.05, 4.69) is 34.6 Å². The molecule has 7 heteroatoms.